The number of carbonyl (C=O) groups excluding carboxylic acids is 1. The number of nitrogens with one attached hydrogen (secondary N) is 2. The fraction of sp³-hybridized carbons (Fsp3) is 0.500. The van der Waals surface area contributed by atoms with Gasteiger partial charge >= 0.3 is 0 Å². The first-order chi connectivity index (χ1) is 9.95. The largest absolute Gasteiger partial charge is 0.388 e. The van der Waals surface area contributed by atoms with Crippen LogP contribution in [0.15, 0.2) is 18.2 Å². The van der Waals surface area contributed by atoms with Gasteiger partial charge in [0.2, 0.25) is 0 Å². The molecule has 0 spiro atoms. The molecule has 1 saturated carbocycles. The molecule has 2 rings (SSSR count). The number of aliphatic hydroxyl groups is 1. The van der Waals surface area contributed by atoms with Crippen LogP contribution in [0.1, 0.15) is 36.5 Å². The molecule has 1 aliphatic carbocycles. The average Bonchev–Trinajstić information content (AvgIpc) is 2.43. The number of carbonyl (C=O) groups is 1. The van der Waals surface area contributed by atoms with Crippen molar-refractivity contribution in [1.82, 2.24) is 5.32 Å². The van der Waals surface area contributed by atoms with Crippen LogP contribution < -0.4 is 10.6 Å². The summed E-state index contributed by atoms with van der Waals surface area (Å²) in [5.41, 5.74) is -0.377. The van der Waals surface area contributed by atoms with Crippen molar-refractivity contribution in [3.8, 4) is 0 Å². The van der Waals surface area contributed by atoms with Gasteiger partial charge in [-0.1, -0.05) is 0 Å². The first kappa shape index (κ1) is 15.2. The molecular formula is C14H19N3O4. The molecule has 1 amide bonds. The number of nitro benzene ring substituents is 1. The van der Waals surface area contributed by atoms with Crippen LogP contribution >= 0.6 is 0 Å². The molecule has 0 heterocycles. The number of benzene rings is 1. The van der Waals surface area contributed by atoms with Gasteiger partial charge in [0.05, 0.1) is 10.5 Å². The highest BCUT2D eigenvalue weighted by Gasteiger charge is 2.34. The van der Waals surface area contributed by atoms with Crippen molar-refractivity contribution < 1.29 is 14.8 Å². The highest BCUT2D eigenvalue weighted by molar-refractivity contribution is 5.95. The zero-order valence-corrected chi connectivity index (χ0v) is 11.9. The molecule has 0 aliphatic heterocycles. The normalized spacial score (nSPS) is 15.9. The van der Waals surface area contributed by atoms with E-state index in [1.807, 2.05) is 0 Å². The van der Waals surface area contributed by atoms with Crippen molar-refractivity contribution in [2.24, 2.45) is 0 Å². The number of nitro groups is 1. The van der Waals surface area contributed by atoms with Gasteiger partial charge < -0.3 is 15.7 Å². The van der Waals surface area contributed by atoms with E-state index in [0.717, 1.165) is 6.42 Å². The number of anilines is 1. The number of rotatable bonds is 6. The van der Waals surface area contributed by atoms with Gasteiger partial charge in [-0.3, -0.25) is 14.9 Å². The summed E-state index contributed by atoms with van der Waals surface area (Å²) in [4.78, 5) is 22.3. The molecule has 0 saturated heterocycles. The molecule has 0 aromatic heterocycles. The molecule has 1 aromatic rings. The van der Waals surface area contributed by atoms with Crippen molar-refractivity contribution in [2.75, 3.05) is 18.4 Å². The Morgan fingerprint density at radius 2 is 2.19 bits per heavy atom. The Hall–Kier alpha value is -2.15. The average molecular weight is 293 g/mol. The number of hydrogen-bond donors (Lipinski definition) is 3. The second-order valence-electron chi connectivity index (χ2n) is 5.28. The predicted octanol–water partition coefficient (Wildman–Crippen LogP) is 1.67. The molecule has 7 nitrogen and oxygen atoms in total. The Bertz CT molecular complexity index is 555. The molecule has 7 heteroatoms. The fourth-order valence-electron chi connectivity index (χ4n) is 2.26. The van der Waals surface area contributed by atoms with E-state index in [0.29, 0.717) is 25.1 Å². The summed E-state index contributed by atoms with van der Waals surface area (Å²) in [6.45, 7) is 2.51. The second kappa shape index (κ2) is 6.09. The molecule has 1 aliphatic rings. The highest BCUT2D eigenvalue weighted by Crippen LogP contribution is 2.33. The fourth-order valence-corrected chi connectivity index (χ4v) is 2.26. The van der Waals surface area contributed by atoms with E-state index in [-0.39, 0.29) is 23.7 Å². The van der Waals surface area contributed by atoms with E-state index in [4.69, 9.17) is 0 Å². The van der Waals surface area contributed by atoms with Gasteiger partial charge in [0, 0.05) is 24.7 Å². The van der Waals surface area contributed by atoms with Gasteiger partial charge in [-0.15, -0.1) is 0 Å². The minimum Gasteiger partial charge on any atom is -0.388 e. The molecule has 1 fully saturated rings. The van der Waals surface area contributed by atoms with Crippen molar-refractivity contribution in [2.45, 2.75) is 31.8 Å². The van der Waals surface area contributed by atoms with Gasteiger partial charge in [-0.2, -0.15) is 0 Å². The molecule has 114 valence electrons. The Labute approximate surface area is 122 Å². The van der Waals surface area contributed by atoms with Gasteiger partial charge in [0.15, 0.2) is 0 Å². The Morgan fingerprint density at radius 3 is 2.71 bits per heavy atom. The van der Waals surface area contributed by atoms with E-state index in [2.05, 4.69) is 10.6 Å². The maximum atomic E-state index is 11.7. The maximum Gasteiger partial charge on any atom is 0.293 e. The van der Waals surface area contributed by atoms with E-state index in [1.54, 1.807) is 6.92 Å². The van der Waals surface area contributed by atoms with Crippen LogP contribution in [0, 0.1) is 10.1 Å². The third-order valence-corrected chi connectivity index (χ3v) is 3.69. The molecule has 21 heavy (non-hydrogen) atoms. The molecule has 0 atom stereocenters. The van der Waals surface area contributed by atoms with Crippen LogP contribution in [0.3, 0.4) is 0 Å². The number of hydrogen-bond acceptors (Lipinski definition) is 5. The third-order valence-electron chi connectivity index (χ3n) is 3.69. The second-order valence-corrected chi connectivity index (χ2v) is 5.28. The standard InChI is InChI=1S/C14H19N3O4/c1-2-15-13(18)10-4-5-11(12(8-10)17(20)21)16-9-14(19)6-3-7-14/h4-5,8,16,19H,2-3,6-7,9H2,1H3,(H,15,18). The van der Waals surface area contributed by atoms with Crippen LogP contribution in [0.2, 0.25) is 0 Å². The zero-order chi connectivity index (χ0) is 15.5. The first-order valence-electron chi connectivity index (χ1n) is 6.98. The lowest BCUT2D eigenvalue weighted by Crippen LogP contribution is -2.43. The molecular weight excluding hydrogens is 274 g/mol. The quantitative estimate of drug-likeness (QED) is 0.546. The summed E-state index contributed by atoms with van der Waals surface area (Å²) in [7, 11) is 0. The number of amides is 1. The summed E-state index contributed by atoms with van der Waals surface area (Å²) in [6.07, 6.45) is 2.37. The van der Waals surface area contributed by atoms with Crippen LogP contribution in [0.4, 0.5) is 11.4 Å². The lowest BCUT2D eigenvalue weighted by atomic mass is 9.80. The van der Waals surface area contributed by atoms with Crippen LogP contribution in [-0.2, 0) is 0 Å². The van der Waals surface area contributed by atoms with Crippen molar-refractivity contribution in [3.63, 3.8) is 0 Å². The van der Waals surface area contributed by atoms with E-state index in [9.17, 15) is 20.0 Å². The smallest absolute Gasteiger partial charge is 0.293 e. The zero-order valence-electron chi connectivity index (χ0n) is 11.9. The maximum absolute atomic E-state index is 11.7. The summed E-state index contributed by atoms with van der Waals surface area (Å²) in [5, 5.41) is 26.7. The Morgan fingerprint density at radius 1 is 1.48 bits per heavy atom. The van der Waals surface area contributed by atoms with Gasteiger partial charge in [0.1, 0.15) is 5.69 Å². The van der Waals surface area contributed by atoms with Gasteiger partial charge in [-0.05, 0) is 38.3 Å². The topological polar surface area (TPSA) is 104 Å². The summed E-state index contributed by atoms with van der Waals surface area (Å²) >= 11 is 0. The Kier molecular flexibility index (Phi) is 4.42. The lowest BCUT2D eigenvalue weighted by molar-refractivity contribution is -0.384. The van der Waals surface area contributed by atoms with Crippen molar-refractivity contribution in [3.05, 3.63) is 33.9 Å². The minimum absolute atomic E-state index is 0.165. The van der Waals surface area contributed by atoms with E-state index in [1.165, 1.54) is 18.2 Å². The molecule has 1 aromatic carbocycles. The number of nitrogens with zero attached hydrogens (tertiary/aromatic N) is 1. The predicted molar refractivity (Wildman–Crippen MR) is 78.4 cm³/mol. The van der Waals surface area contributed by atoms with Crippen LogP contribution in [0.5, 0.6) is 0 Å². The summed E-state index contributed by atoms with van der Waals surface area (Å²) in [6, 6.07) is 4.29. The van der Waals surface area contributed by atoms with Crippen LogP contribution in [0.25, 0.3) is 0 Å². The Balaban J connectivity index is 2.16. The van der Waals surface area contributed by atoms with Crippen molar-refractivity contribution in [1.29, 1.82) is 0 Å². The third kappa shape index (κ3) is 3.49. The molecule has 0 bridgehead atoms. The van der Waals surface area contributed by atoms with Crippen LogP contribution in [-0.4, -0.2) is 34.6 Å². The van der Waals surface area contributed by atoms with E-state index >= 15 is 0 Å². The SMILES string of the molecule is CCNC(=O)c1ccc(NCC2(O)CCC2)c([N+](=O)[O-])c1. The first-order valence-corrected chi connectivity index (χ1v) is 6.98. The monoisotopic (exact) mass is 293 g/mol. The molecule has 0 unspecified atom stereocenters. The molecule has 3 N–H and O–H groups in total. The van der Waals surface area contributed by atoms with Gasteiger partial charge in [-0.25, -0.2) is 0 Å². The van der Waals surface area contributed by atoms with E-state index < -0.39 is 10.5 Å². The lowest BCUT2D eigenvalue weighted by Gasteiger charge is -2.36. The summed E-state index contributed by atoms with van der Waals surface area (Å²) < 4.78 is 0. The van der Waals surface area contributed by atoms with Gasteiger partial charge in [0.25, 0.3) is 11.6 Å². The van der Waals surface area contributed by atoms with Crippen molar-refractivity contribution >= 4 is 17.3 Å². The molecule has 0 radical (unpaired) electrons. The minimum atomic E-state index is -0.772. The summed E-state index contributed by atoms with van der Waals surface area (Å²) in [5.74, 6) is -0.343. The highest BCUT2D eigenvalue weighted by atomic mass is 16.6.